The third-order valence-corrected chi connectivity index (χ3v) is 4.37. The SMILES string of the molecule is O=C(O)c1cc(CN2CCN3CCCCC3C2)ccn1. The maximum absolute atomic E-state index is 11.0. The van der Waals surface area contributed by atoms with Crippen molar-refractivity contribution in [1.29, 1.82) is 0 Å². The van der Waals surface area contributed by atoms with Crippen LogP contribution < -0.4 is 0 Å². The van der Waals surface area contributed by atoms with Gasteiger partial charge in [-0.2, -0.15) is 0 Å². The summed E-state index contributed by atoms with van der Waals surface area (Å²) in [5.74, 6) is -0.955. The van der Waals surface area contributed by atoms with Gasteiger partial charge in [-0.3, -0.25) is 9.80 Å². The van der Waals surface area contributed by atoms with Gasteiger partial charge < -0.3 is 5.11 Å². The van der Waals surface area contributed by atoms with E-state index < -0.39 is 5.97 Å². The Morgan fingerprint density at radius 2 is 2.25 bits per heavy atom. The maximum atomic E-state index is 11.0. The van der Waals surface area contributed by atoms with E-state index in [0.717, 1.165) is 31.7 Å². The molecule has 2 saturated heterocycles. The summed E-state index contributed by atoms with van der Waals surface area (Å²) in [6.07, 6.45) is 5.57. The van der Waals surface area contributed by atoms with Gasteiger partial charge in [-0.25, -0.2) is 9.78 Å². The largest absolute Gasteiger partial charge is 0.477 e. The van der Waals surface area contributed by atoms with Gasteiger partial charge in [0, 0.05) is 38.4 Å². The molecule has 2 aliphatic heterocycles. The van der Waals surface area contributed by atoms with Crippen LogP contribution in [0.3, 0.4) is 0 Å². The van der Waals surface area contributed by atoms with Crippen molar-refractivity contribution in [3.63, 3.8) is 0 Å². The van der Waals surface area contributed by atoms with Crippen LogP contribution in [0.25, 0.3) is 0 Å². The molecule has 1 aromatic rings. The van der Waals surface area contributed by atoms with Crippen LogP contribution in [0, 0.1) is 0 Å². The zero-order valence-corrected chi connectivity index (χ0v) is 11.7. The molecule has 0 spiro atoms. The minimum Gasteiger partial charge on any atom is -0.477 e. The molecule has 2 fully saturated rings. The fraction of sp³-hybridized carbons (Fsp3) is 0.600. The van der Waals surface area contributed by atoms with Gasteiger partial charge in [0.05, 0.1) is 0 Å². The second kappa shape index (κ2) is 5.89. The number of aromatic carboxylic acids is 1. The fourth-order valence-corrected chi connectivity index (χ4v) is 3.31. The van der Waals surface area contributed by atoms with E-state index in [1.165, 1.54) is 25.8 Å². The van der Waals surface area contributed by atoms with Crippen LogP contribution in [0.2, 0.25) is 0 Å². The molecule has 20 heavy (non-hydrogen) atoms. The molecule has 0 aliphatic carbocycles. The minimum absolute atomic E-state index is 0.138. The van der Waals surface area contributed by atoms with Crippen LogP contribution in [-0.4, -0.2) is 58.1 Å². The number of nitrogens with zero attached hydrogens (tertiary/aromatic N) is 3. The molecule has 1 N–H and O–H groups in total. The Bertz CT molecular complexity index is 492. The van der Waals surface area contributed by atoms with Gasteiger partial charge >= 0.3 is 5.97 Å². The Kier molecular flexibility index (Phi) is 3.98. The number of fused-ring (bicyclic) bond motifs is 1. The van der Waals surface area contributed by atoms with E-state index in [4.69, 9.17) is 5.11 Å². The number of piperidine rings is 1. The molecule has 0 bridgehead atoms. The van der Waals surface area contributed by atoms with E-state index in [0.29, 0.717) is 6.04 Å². The smallest absolute Gasteiger partial charge is 0.354 e. The summed E-state index contributed by atoms with van der Waals surface area (Å²) in [5.41, 5.74) is 1.18. The quantitative estimate of drug-likeness (QED) is 0.905. The number of hydrogen-bond acceptors (Lipinski definition) is 4. The first-order chi connectivity index (χ1) is 9.72. The fourth-order valence-electron chi connectivity index (χ4n) is 3.31. The molecule has 2 aliphatic rings. The van der Waals surface area contributed by atoms with Crippen molar-refractivity contribution >= 4 is 5.97 Å². The van der Waals surface area contributed by atoms with Gasteiger partial charge in [-0.1, -0.05) is 6.42 Å². The van der Waals surface area contributed by atoms with Crippen molar-refractivity contribution in [2.75, 3.05) is 26.2 Å². The molecule has 1 aromatic heterocycles. The van der Waals surface area contributed by atoms with Gasteiger partial charge in [0.25, 0.3) is 0 Å². The zero-order chi connectivity index (χ0) is 13.9. The van der Waals surface area contributed by atoms with E-state index >= 15 is 0 Å². The van der Waals surface area contributed by atoms with Crippen LogP contribution in [0.5, 0.6) is 0 Å². The summed E-state index contributed by atoms with van der Waals surface area (Å²) in [4.78, 5) is 19.9. The van der Waals surface area contributed by atoms with Crippen molar-refractivity contribution < 1.29 is 9.90 Å². The summed E-state index contributed by atoms with van der Waals surface area (Å²) in [6.45, 7) is 5.39. The van der Waals surface area contributed by atoms with E-state index in [9.17, 15) is 4.79 Å². The summed E-state index contributed by atoms with van der Waals surface area (Å²) in [7, 11) is 0. The van der Waals surface area contributed by atoms with Crippen molar-refractivity contribution in [3.05, 3.63) is 29.6 Å². The van der Waals surface area contributed by atoms with Crippen LogP contribution in [0.4, 0.5) is 0 Å². The molecule has 0 aromatic carbocycles. The van der Waals surface area contributed by atoms with Gasteiger partial charge in [-0.05, 0) is 37.1 Å². The van der Waals surface area contributed by atoms with Gasteiger partial charge in [0.1, 0.15) is 5.69 Å². The lowest BCUT2D eigenvalue weighted by Crippen LogP contribution is -2.54. The summed E-state index contributed by atoms with van der Waals surface area (Å²) in [5, 5.41) is 8.99. The second-order valence-electron chi connectivity index (χ2n) is 5.78. The Labute approximate surface area is 119 Å². The van der Waals surface area contributed by atoms with Gasteiger partial charge in [0.15, 0.2) is 0 Å². The van der Waals surface area contributed by atoms with Crippen molar-refractivity contribution in [3.8, 4) is 0 Å². The average molecular weight is 275 g/mol. The number of carboxylic acid groups (broad SMARTS) is 1. The lowest BCUT2D eigenvalue weighted by Gasteiger charge is -2.44. The molecule has 0 amide bonds. The molecule has 1 unspecified atom stereocenters. The normalized spacial score (nSPS) is 24.3. The number of carboxylic acids is 1. The van der Waals surface area contributed by atoms with Crippen LogP contribution in [0.15, 0.2) is 18.3 Å². The number of carbonyl (C=O) groups is 1. The van der Waals surface area contributed by atoms with Crippen molar-refractivity contribution in [1.82, 2.24) is 14.8 Å². The highest BCUT2D eigenvalue weighted by Gasteiger charge is 2.28. The number of aromatic nitrogens is 1. The van der Waals surface area contributed by atoms with E-state index in [1.807, 2.05) is 6.07 Å². The molecule has 5 heteroatoms. The number of pyridine rings is 1. The Morgan fingerprint density at radius 3 is 3.10 bits per heavy atom. The van der Waals surface area contributed by atoms with Gasteiger partial charge in [0.2, 0.25) is 0 Å². The zero-order valence-electron chi connectivity index (χ0n) is 11.7. The lowest BCUT2D eigenvalue weighted by atomic mass is 9.99. The monoisotopic (exact) mass is 275 g/mol. The second-order valence-corrected chi connectivity index (χ2v) is 5.78. The topological polar surface area (TPSA) is 56.7 Å². The maximum Gasteiger partial charge on any atom is 0.354 e. The Morgan fingerprint density at radius 1 is 1.35 bits per heavy atom. The molecule has 3 rings (SSSR count). The molecular weight excluding hydrogens is 254 g/mol. The van der Waals surface area contributed by atoms with Crippen LogP contribution in [0.1, 0.15) is 35.3 Å². The third-order valence-electron chi connectivity index (χ3n) is 4.37. The molecular formula is C15H21N3O2. The first kappa shape index (κ1) is 13.5. The predicted molar refractivity (Wildman–Crippen MR) is 75.7 cm³/mol. The standard InChI is InChI=1S/C15H21N3O2/c19-15(20)14-9-12(4-5-16-14)10-17-7-8-18-6-2-1-3-13(18)11-17/h4-5,9,13H,1-3,6-8,10-11H2,(H,19,20). The van der Waals surface area contributed by atoms with Crippen LogP contribution in [-0.2, 0) is 6.54 Å². The molecule has 1 atom stereocenters. The van der Waals surface area contributed by atoms with E-state index in [2.05, 4.69) is 14.8 Å². The van der Waals surface area contributed by atoms with Gasteiger partial charge in [-0.15, -0.1) is 0 Å². The summed E-state index contributed by atoms with van der Waals surface area (Å²) < 4.78 is 0. The summed E-state index contributed by atoms with van der Waals surface area (Å²) >= 11 is 0. The van der Waals surface area contributed by atoms with Crippen LogP contribution >= 0.6 is 0 Å². The highest BCUT2D eigenvalue weighted by atomic mass is 16.4. The number of rotatable bonds is 3. The first-order valence-corrected chi connectivity index (χ1v) is 7.37. The Balaban J connectivity index is 1.63. The first-order valence-electron chi connectivity index (χ1n) is 7.37. The lowest BCUT2D eigenvalue weighted by molar-refractivity contribution is 0.0456. The van der Waals surface area contributed by atoms with Crippen molar-refractivity contribution in [2.24, 2.45) is 0 Å². The molecule has 3 heterocycles. The Hall–Kier alpha value is -1.46. The minimum atomic E-state index is -0.955. The number of piperazine rings is 1. The molecule has 108 valence electrons. The molecule has 0 saturated carbocycles. The molecule has 5 nitrogen and oxygen atoms in total. The van der Waals surface area contributed by atoms with Crippen molar-refractivity contribution in [2.45, 2.75) is 31.8 Å². The highest BCUT2D eigenvalue weighted by Crippen LogP contribution is 2.22. The highest BCUT2D eigenvalue weighted by molar-refractivity contribution is 5.85. The van der Waals surface area contributed by atoms with E-state index in [-0.39, 0.29) is 5.69 Å². The predicted octanol–water partition coefficient (Wildman–Crippen LogP) is 1.45. The average Bonchev–Trinajstić information content (AvgIpc) is 2.47. The summed E-state index contributed by atoms with van der Waals surface area (Å²) in [6, 6.07) is 4.30. The third kappa shape index (κ3) is 2.99. The molecule has 0 radical (unpaired) electrons. The number of hydrogen-bond donors (Lipinski definition) is 1. The van der Waals surface area contributed by atoms with E-state index in [1.54, 1.807) is 12.3 Å².